The minimum Gasteiger partial charge on any atom is -0.465 e. The summed E-state index contributed by atoms with van der Waals surface area (Å²) in [6, 6.07) is 10.7. The predicted octanol–water partition coefficient (Wildman–Crippen LogP) is 4.67. The molecular weight excluding hydrogens is 430 g/mol. The highest BCUT2D eigenvalue weighted by molar-refractivity contribution is 6.01. The molecule has 0 radical (unpaired) electrons. The van der Waals surface area contributed by atoms with Gasteiger partial charge in [-0.1, -0.05) is 50.2 Å². The van der Waals surface area contributed by atoms with Crippen molar-refractivity contribution in [3.05, 3.63) is 63.2 Å². The van der Waals surface area contributed by atoms with Gasteiger partial charge in [0, 0.05) is 12.6 Å². The standard InChI is InChI=1S/C23H23N3O7/c1-23(2,3)14-7-5-13(6-8-14)11-24-21-19(22(27)30-4)20(33-25-21)15-9-17-18(32-12-31-17)10-16(15)26(28)29/h5-10H,11-12H2,1-4H3,(H,24,25). The molecule has 10 nitrogen and oxygen atoms in total. The number of hydrogen-bond acceptors (Lipinski definition) is 9. The van der Waals surface area contributed by atoms with E-state index in [1.807, 2.05) is 24.3 Å². The highest BCUT2D eigenvalue weighted by Crippen LogP contribution is 2.44. The lowest BCUT2D eigenvalue weighted by Crippen LogP contribution is -2.11. The van der Waals surface area contributed by atoms with Crippen LogP contribution in [0.4, 0.5) is 11.5 Å². The molecule has 4 rings (SSSR count). The number of aromatic nitrogens is 1. The Morgan fingerprint density at radius 3 is 2.45 bits per heavy atom. The van der Waals surface area contributed by atoms with Crippen LogP contribution in [0.15, 0.2) is 40.9 Å². The molecule has 0 amide bonds. The second-order valence-corrected chi connectivity index (χ2v) is 8.51. The molecule has 1 aliphatic heterocycles. The molecular formula is C23H23N3O7. The molecule has 0 bridgehead atoms. The van der Waals surface area contributed by atoms with Crippen LogP contribution >= 0.6 is 0 Å². The van der Waals surface area contributed by atoms with Gasteiger partial charge >= 0.3 is 5.97 Å². The number of methoxy groups -OCH3 is 1. The average Bonchev–Trinajstić information content (AvgIpc) is 3.42. The number of nitro benzene ring substituents is 1. The highest BCUT2D eigenvalue weighted by atomic mass is 16.7. The van der Waals surface area contributed by atoms with Crippen LogP contribution in [-0.4, -0.2) is 30.0 Å². The van der Waals surface area contributed by atoms with Gasteiger partial charge in [0.1, 0.15) is 5.56 Å². The van der Waals surface area contributed by atoms with Crippen molar-refractivity contribution in [3.63, 3.8) is 0 Å². The van der Waals surface area contributed by atoms with Crippen LogP contribution in [-0.2, 0) is 16.7 Å². The van der Waals surface area contributed by atoms with Crippen molar-refractivity contribution >= 4 is 17.5 Å². The normalized spacial score (nSPS) is 12.5. The topological polar surface area (TPSA) is 126 Å². The number of anilines is 1. The Bertz CT molecular complexity index is 1210. The van der Waals surface area contributed by atoms with E-state index in [-0.39, 0.29) is 46.3 Å². The number of esters is 1. The molecule has 33 heavy (non-hydrogen) atoms. The number of benzene rings is 2. The number of carbonyl (C=O) groups is 1. The lowest BCUT2D eigenvalue weighted by molar-refractivity contribution is -0.384. The maximum atomic E-state index is 12.6. The Morgan fingerprint density at radius 2 is 1.85 bits per heavy atom. The number of carbonyl (C=O) groups excluding carboxylic acids is 1. The smallest absolute Gasteiger partial charge is 0.345 e. The molecule has 0 unspecified atom stereocenters. The minimum absolute atomic E-state index is 0.0275. The lowest BCUT2D eigenvalue weighted by atomic mass is 9.87. The van der Waals surface area contributed by atoms with Crippen LogP contribution in [0.1, 0.15) is 42.3 Å². The van der Waals surface area contributed by atoms with Gasteiger partial charge in [-0.3, -0.25) is 10.1 Å². The van der Waals surface area contributed by atoms with Crippen LogP contribution in [0.2, 0.25) is 0 Å². The zero-order valence-electron chi connectivity index (χ0n) is 18.6. The Hall–Kier alpha value is -4.08. The van der Waals surface area contributed by atoms with E-state index >= 15 is 0 Å². The molecule has 2 heterocycles. The number of nitrogens with zero attached hydrogens (tertiary/aromatic N) is 2. The van der Waals surface area contributed by atoms with Crippen molar-refractivity contribution < 1.29 is 28.5 Å². The Labute approximate surface area is 189 Å². The maximum Gasteiger partial charge on any atom is 0.345 e. The first-order chi connectivity index (χ1) is 15.7. The summed E-state index contributed by atoms with van der Waals surface area (Å²) in [5.41, 5.74) is 1.85. The largest absolute Gasteiger partial charge is 0.465 e. The molecule has 0 saturated heterocycles. The molecule has 1 aromatic heterocycles. The summed E-state index contributed by atoms with van der Waals surface area (Å²) < 4.78 is 20.8. The average molecular weight is 453 g/mol. The molecule has 2 aromatic carbocycles. The monoisotopic (exact) mass is 453 g/mol. The van der Waals surface area contributed by atoms with Gasteiger partial charge in [-0.25, -0.2) is 4.79 Å². The summed E-state index contributed by atoms with van der Waals surface area (Å²) in [7, 11) is 1.21. The van der Waals surface area contributed by atoms with E-state index in [1.165, 1.54) is 24.8 Å². The predicted molar refractivity (Wildman–Crippen MR) is 119 cm³/mol. The van der Waals surface area contributed by atoms with Crippen molar-refractivity contribution in [2.45, 2.75) is 32.7 Å². The van der Waals surface area contributed by atoms with E-state index in [0.29, 0.717) is 12.3 Å². The van der Waals surface area contributed by atoms with E-state index in [4.69, 9.17) is 18.7 Å². The minimum atomic E-state index is -0.746. The van der Waals surface area contributed by atoms with Crippen LogP contribution in [0.3, 0.4) is 0 Å². The zero-order valence-corrected chi connectivity index (χ0v) is 18.6. The van der Waals surface area contributed by atoms with Crippen molar-refractivity contribution in [1.82, 2.24) is 5.16 Å². The van der Waals surface area contributed by atoms with Gasteiger partial charge in [0.2, 0.25) is 6.79 Å². The summed E-state index contributed by atoms with van der Waals surface area (Å²) in [5, 5.41) is 18.7. The summed E-state index contributed by atoms with van der Waals surface area (Å²) >= 11 is 0. The van der Waals surface area contributed by atoms with Crippen molar-refractivity contribution in [2.75, 3.05) is 19.2 Å². The number of rotatable bonds is 6. The summed E-state index contributed by atoms with van der Waals surface area (Å²) in [5.74, 6) is -0.192. The van der Waals surface area contributed by atoms with Gasteiger partial charge in [-0.05, 0) is 16.5 Å². The van der Waals surface area contributed by atoms with E-state index in [1.54, 1.807) is 0 Å². The summed E-state index contributed by atoms with van der Waals surface area (Å²) in [4.78, 5) is 23.7. The fourth-order valence-corrected chi connectivity index (χ4v) is 3.46. The molecule has 0 atom stereocenters. The number of nitro groups is 1. The Balaban J connectivity index is 1.68. The van der Waals surface area contributed by atoms with Gasteiger partial charge in [0.05, 0.1) is 18.1 Å². The van der Waals surface area contributed by atoms with Gasteiger partial charge in [0.15, 0.2) is 28.6 Å². The molecule has 0 aliphatic carbocycles. The zero-order chi connectivity index (χ0) is 23.8. The quantitative estimate of drug-likeness (QED) is 0.322. The maximum absolute atomic E-state index is 12.6. The number of hydrogen-bond donors (Lipinski definition) is 1. The van der Waals surface area contributed by atoms with Crippen LogP contribution < -0.4 is 14.8 Å². The number of ether oxygens (including phenoxy) is 3. The van der Waals surface area contributed by atoms with Crippen molar-refractivity contribution in [3.8, 4) is 22.8 Å². The van der Waals surface area contributed by atoms with Crippen LogP contribution in [0, 0.1) is 10.1 Å². The molecule has 10 heteroatoms. The first-order valence-corrected chi connectivity index (χ1v) is 10.2. The highest BCUT2D eigenvalue weighted by Gasteiger charge is 2.32. The molecule has 0 fully saturated rings. The Kier molecular flexibility index (Phi) is 5.67. The first-order valence-electron chi connectivity index (χ1n) is 10.2. The number of fused-ring (bicyclic) bond motifs is 1. The third-order valence-corrected chi connectivity index (χ3v) is 5.29. The van der Waals surface area contributed by atoms with Gasteiger partial charge in [-0.2, -0.15) is 0 Å². The molecule has 172 valence electrons. The molecule has 1 aliphatic rings. The van der Waals surface area contributed by atoms with Gasteiger partial charge in [-0.15, -0.1) is 0 Å². The third-order valence-electron chi connectivity index (χ3n) is 5.29. The third kappa shape index (κ3) is 4.32. The second-order valence-electron chi connectivity index (χ2n) is 8.51. The van der Waals surface area contributed by atoms with Crippen molar-refractivity contribution in [1.29, 1.82) is 0 Å². The van der Waals surface area contributed by atoms with E-state index in [0.717, 1.165) is 5.56 Å². The first kappa shape index (κ1) is 22.1. The fourth-order valence-electron chi connectivity index (χ4n) is 3.46. The van der Waals surface area contributed by atoms with Crippen LogP contribution in [0.5, 0.6) is 11.5 Å². The summed E-state index contributed by atoms with van der Waals surface area (Å²) in [6.45, 7) is 6.69. The van der Waals surface area contributed by atoms with E-state index in [9.17, 15) is 14.9 Å². The summed E-state index contributed by atoms with van der Waals surface area (Å²) in [6.07, 6.45) is 0. The van der Waals surface area contributed by atoms with Crippen molar-refractivity contribution in [2.24, 2.45) is 0 Å². The lowest BCUT2D eigenvalue weighted by Gasteiger charge is -2.19. The molecule has 0 spiro atoms. The van der Waals surface area contributed by atoms with E-state index < -0.39 is 10.9 Å². The molecule has 1 N–H and O–H groups in total. The number of nitrogens with one attached hydrogen (secondary N) is 1. The SMILES string of the molecule is COC(=O)c1c(NCc2ccc(C(C)(C)C)cc2)noc1-c1cc2c(cc1[N+](=O)[O-])OCO2. The van der Waals surface area contributed by atoms with Crippen LogP contribution in [0.25, 0.3) is 11.3 Å². The van der Waals surface area contributed by atoms with E-state index in [2.05, 4.69) is 31.2 Å². The molecule has 0 saturated carbocycles. The molecule has 3 aromatic rings. The second kappa shape index (κ2) is 8.45. The van der Waals surface area contributed by atoms with Gasteiger partial charge < -0.3 is 24.1 Å². The Morgan fingerprint density at radius 1 is 1.18 bits per heavy atom. The van der Waals surface area contributed by atoms with Gasteiger partial charge in [0.25, 0.3) is 5.69 Å². The fraction of sp³-hybridized carbons (Fsp3) is 0.304.